The fourth-order valence-corrected chi connectivity index (χ4v) is 1.29. The normalized spacial score (nSPS) is 11.9. The van der Waals surface area contributed by atoms with Crippen molar-refractivity contribution in [3.05, 3.63) is 29.8 Å². The van der Waals surface area contributed by atoms with Crippen molar-refractivity contribution < 1.29 is 14.6 Å². The number of rotatable bonds is 5. The Kier molecular flexibility index (Phi) is 4.79. The van der Waals surface area contributed by atoms with Crippen LogP contribution in [-0.4, -0.2) is 30.8 Å². The molecular weight excluding hydrogens is 206 g/mol. The van der Waals surface area contributed by atoms with E-state index in [9.17, 15) is 4.79 Å². The minimum absolute atomic E-state index is 0.0433. The van der Waals surface area contributed by atoms with Crippen LogP contribution in [0.5, 0.6) is 5.75 Å². The first-order valence-corrected chi connectivity index (χ1v) is 5.27. The number of hydrogen-bond donors (Lipinski definition) is 2. The van der Waals surface area contributed by atoms with Gasteiger partial charge in [-0.25, -0.2) is 0 Å². The predicted octanol–water partition coefficient (Wildman–Crippen LogP) is 1.20. The number of nitrogens with one attached hydrogen (secondary N) is 1. The molecule has 4 nitrogen and oxygen atoms in total. The van der Waals surface area contributed by atoms with Gasteiger partial charge < -0.3 is 15.2 Å². The van der Waals surface area contributed by atoms with E-state index in [4.69, 9.17) is 9.84 Å². The zero-order valence-corrected chi connectivity index (χ0v) is 9.56. The first-order valence-electron chi connectivity index (χ1n) is 5.27. The topological polar surface area (TPSA) is 58.6 Å². The molecule has 2 N–H and O–H groups in total. The molecule has 0 aromatic heterocycles. The third-order valence-corrected chi connectivity index (χ3v) is 2.40. The largest absolute Gasteiger partial charge is 0.497 e. The first-order chi connectivity index (χ1) is 7.71. The number of carbonyl (C=O) groups excluding carboxylic acids is 1. The number of methoxy groups -OCH3 is 1. The molecule has 0 bridgehead atoms. The maximum absolute atomic E-state index is 11.7. The highest BCUT2D eigenvalue weighted by molar-refractivity contribution is 5.94. The summed E-state index contributed by atoms with van der Waals surface area (Å²) in [5.74, 6) is 0.536. The lowest BCUT2D eigenvalue weighted by Gasteiger charge is -2.13. The van der Waals surface area contributed by atoms with E-state index in [0.29, 0.717) is 17.7 Å². The van der Waals surface area contributed by atoms with Crippen molar-refractivity contribution in [3.63, 3.8) is 0 Å². The number of hydrogen-bond acceptors (Lipinski definition) is 3. The second-order valence-corrected chi connectivity index (χ2v) is 3.49. The zero-order valence-electron chi connectivity index (χ0n) is 9.56. The van der Waals surface area contributed by atoms with Gasteiger partial charge in [0.1, 0.15) is 5.75 Å². The highest BCUT2D eigenvalue weighted by atomic mass is 16.5. The van der Waals surface area contributed by atoms with Gasteiger partial charge in [-0.1, -0.05) is 6.92 Å². The third-order valence-electron chi connectivity index (χ3n) is 2.40. The molecule has 0 fully saturated rings. The second-order valence-electron chi connectivity index (χ2n) is 3.49. The number of amides is 1. The maximum Gasteiger partial charge on any atom is 0.251 e. The molecular formula is C12H17NO3. The highest BCUT2D eigenvalue weighted by Crippen LogP contribution is 2.11. The molecule has 1 rings (SSSR count). The lowest BCUT2D eigenvalue weighted by molar-refractivity contribution is 0.0915. The van der Waals surface area contributed by atoms with Crippen LogP contribution in [0.1, 0.15) is 23.7 Å². The Hall–Kier alpha value is -1.55. The van der Waals surface area contributed by atoms with Gasteiger partial charge in [0.15, 0.2) is 0 Å². The summed E-state index contributed by atoms with van der Waals surface area (Å²) in [7, 11) is 1.58. The minimum atomic E-state index is -0.186. The minimum Gasteiger partial charge on any atom is -0.497 e. The van der Waals surface area contributed by atoms with Crippen LogP contribution in [-0.2, 0) is 0 Å². The van der Waals surface area contributed by atoms with Gasteiger partial charge in [0, 0.05) is 5.56 Å². The van der Waals surface area contributed by atoms with Crippen LogP contribution in [0.2, 0.25) is 0 Å². The fraction of sp³-hybridized carbons (Fsp3) is 0.417. The van der Waals surface area contributed by atoms with Crippen LogP contribution < -0.4 is 10.1 Å². The van der Waals surface area contributed by atoms with E-state index in [1.807, 2.05) is 6.92 Å². The number of aliphatic hydroxyl groups excluding tert-OH is 1. The van der Waals surface area contributed by atoms with E-state index in [1.54, 1.807) is 31.4 Å². The third kappa shape index (κ3) is 3.24. The molecule has 0 saturated carbocycles. The van der Waals surface area contributed by atoms with Crippen molar-refractivity contribution in [1.82, 2.24) is 5.32 Å². The zero-order chi connectivity index (χ0) is 12.0. The van der Waals surface area contributed by atoms with Gasteiger partial charge >= 0.3 is 0 Å². The van der Waals surface area contributed by atoms with Gasteiger partial charge in [0.25, 0.3) is 5.91 Å². The summed E-state index contributed by atoms with van der Waals surface area (Å²) in [6.07, 6.45) is 0.707. The molecule has 0 aliphatic carbocycles. The van der Waals surface area contributed by atoms with Crippen molar-refractivity contribution in [1.29, 1.82) is 0 Å². The van der Waals surface area contributed by atoms with Gasteiger partial charge in [-0.05, 0) is 30.7 Å². The lowest BCUT2D eigenvalue weighted by atomic mass is 10.1. The summed E-state index contributed by atoms with van der Waals surface area (Å²) < 4.78 is 5.00. The predicted molar refractivity (Wildman–Crippen MR) is 61.6 cm³/mol. The van der Waals surface area contributed by atoms with Gasteiger partial charge in [-0.3, -0.25) is 4.79 Å². The van der Waals surface area contributed by atoms with Crippen molar-refractivity contribution in [3.8, 4) is 5.75 Å². The van der Waals surface area contributed by atoms with Crippen LogP contribution in [0.25, 0.3) is 0 Å². The summed E-state index contributed by atoms with van der Waals surface area (Å²) >= 11 is 0. The van der Waals surface area contributed by atoms with E-state index in [0.717, 1.165) is 0 Å². The molecule has 0 aliphatic rings. The van der Waals surface area contributed by atoms with Crippen molar-refractivity contribution in [2.24, 2.45) is 0 Å². The summed E-state index contributed by atoms with van der Waals surface area (Å²) in [5.41, 5.74) is 0.563. The summed E-state index contributed by atoms with van der Waals surface area (Å²) in [6, 6.07) is 6.66. The van der Waals surface area contributed by atoms with Gasteiger partial charge in [-0.15, -0.1) is 0 Å². The van der Waals surface area contributed by atoms with Crippen LogP contribution in [0.3, 0.4) is 0 Å². The maximum atomic E-state index is 11.7. The van der Waals surface area contributed by atoms with Crippen molar-refractivity contribution in [2.75, 3.05) is 13.7 Å². The van der Waals surface area contributed by atoms with E-state index < -0.39 is 0 Å². The van der Waals surface area contributed by atoms with Crippen LogP contribution in [0.4, 0.5) is 0 Å². The summed E-state index contributed by atoms with van der Waals surface area (Å²) in [5, 5.41) is 11.7. The molecule has 16 heavy (non-hydrogen) atoms. The highest BCUT2D eigenvalue weighted by Gasteiger charge is 2.10. The fourth-order valence-electron chi connectivity index (χ4n) is 1.29. The van der Waals surface area contributed by atoms with Crippen LogP contribution in [0.15, 0.2) is 24.3 Å². The number of aliphatic hydroxyl groups is 1. The molecule has 1 atom stereocenters. The SMILES string of the molecule is CC[C@H](CO)NC(=O)c1ccc(OC)cc1. The van der Waals surface area contributed by atoms with Crippen LogP contribution in [0, 0.1) is 0 Å². The Morgan fingerprint density at radius 1 is 1.44 bits per heavy atom. The molecule has 0 aliphatic heterocycles. The van der Waals surface area contributed by atoms with Crippen molar-refractivity contribution >= 4 is 5.91 Å². The molecule has 0 unspecified atom stereocenters. The average Bonchev–Trinajstić information content (AvgIpc) is 2.35. The standard InChI is InChI=1S/C12H17NO3/c1-3-10(8-14)13-12(15)9-4-6-11(16-2)7-5-9/h4-7,10,14H,3,8H2,1-2H3,(H,13,15)/t10-/m1/s1. The van der Waals surface area contributed by atoms with Gasteiger partial charge in [-0.2, -0.15) is 0 Å². The summed E-state index contributed by atoms with van der Waals surface area (Å²) in [4.78, 5) is 11.7. The van der Waals surface area contributed by atoms with E-state index in [-0.39, 0.29) is 18.6 Å². The van der Waals surface area contributed by atoms with E-state index >= 15 is 0 Å². The molecule has 0 radical (unpaired) electrons. The molecule has 1 aromatic rings. The number of benzene rings is 1. The Morgan fingerprint density at radius 3 is 2.50 bits per heavy atom. The smallest absolute Gasteiger partial charge is 0.251 e. The Bertz CT molecular complexity index is 331. The molecule has 0 spiro atoms. The Morgan fingerprint density at radius 2 is 2.06 bits per heavy atom. The Balaban J connectivity index is 2.65. The van der Waals surface area contributed by atoms with Gasteiger partial charge in [0.05, 0.1) is 19.8 Å². The van der Waals surface area contributed by atoms with Crippen LogP contribution >= 0.6 is 0 Å². The molecule has 0 saturated heterocycles. The molecule has 88 valence electrons. The van der Waals surface area contributed by atoms with E-state index in [1.165, 1.54) is 0 Å². The van der Waals surface area contributed by atoms with Crippen molar-refractivity contribution in [2.45, 2.75) is 19.4 Å². The number of carbonyl (C=O) groups is 1. The first kappa shape index (κ1) is 12.5. The van der Waals surface area contributed by atoms with E-state index in [2.05, 4.69) is 5.32 Å². The quantitative estimate of drug-likeness (QED) is 0.788. The van der Waals surface area contributed by atoms with Gasteiger partial charge in [0.2, 0.25) is 0 Å². The monoisotopic (exact) mass is 223 g/mol. The lowest BCUT2D eigenvalue weighted by Crippen LogP contribution is -2.36. The summed E-state index contributed by atoms with van der Waals surface area (Å²) in [6.45, 7) is 1.87. The molecule has 0 heterocycles. The average molecular weight is 223 g/mol. The molecule has 1 aromatic carbocycles. The molecule has 4 heteroatoms. The second kappa shape index (κ2) is 6.12. The number of ether oxygens (including phenoxy) is 1. The Labute approximate surface area is 95.2 Å². The molecule has 1 amide bonds.